The first kappa shape index (κ1) is 14.2. The van der Waals surface area contributed by atoms with Gasteiger partial charge in [-0.1, -0.05) is 43.9 Å². The van der Waals surface area contributed by atoms with E-state index >= 15 is 0 Å². The zero-order chi connectivity index (χ0) is 12.7. The Morgan fingerprint density at radius 3 is 2.71 bits per heavy atom. The molecule has 0 N–H and O–H groups in total. The number of carbonyl (C=O) groups is 1. The van der Waals surface area contributed by atoms with Gasteiger partial charge < -0.3 is 0 Å². The van der Waals surface area contributed by atoms with Gasteiger partial charge >= 0.3 is 0 Å². The second-order valence-electron chi connectivity index (χ2n) is 4.27. The van der Waals surface area contributed by atoms with Crippen molar-refractivity contribution < 1.29 is 9.18 Å². The summed E-state index contributed by atoms with van der Waals surface area (Å²) in [7, 11) is 0. The van der Waals surface area contributed by atoms with Crippen molar-refractivity contribution in [2.45, 2.75) is 45.4 Å². The smallest absolute Gasteiger partial charge is 0.142 e. The normalized spacial score (nSPS) is 10.5. The Morgan fingerprint density at radius 1 is 1.29 bits per heavy atom. The Bertz CT molecular complexity index is 376. The Balaban J connectivity index is 2.37. The number of rotatable bonds is 7. The van der Waals surface area contributed by atoms with Crippen LogP contribution >= 0.6 is 11.6 Å². The lowest BCUT2D eigenvalue weighted by molar-refractivity contribution is -0.118. The van der Waals surface area contributed by atoms with Crippen LogP contribution in [0.15, 0.2) is 18.2 Å². The largest absolute Gasteiger partial charge is 0.299 e. The topological polar surface area (TPSA) is 17.1 Å². The number of unbranched alkanes of at least 4 members (excludes halogenated alkanes) is 3. The van der Waals surface area contributed by atoms with E-state index in [4.69, 9.17) is 11.6 Å². The molecule has 0 unspecified atom stereocenters. The first-order valence-electron chi connectivity index (χ1n) is 6.09. The molecular formula is C14H18ClFO. The third-order valence-corrected chi connectivity index (χ3v) is 3.00. The maximum atomic E-state index is 13.1. The van der Waals surface area contributed by atoms with Crippen LogP contribution in [-0.2, 0) is 11.2 Å². The average molecular weight is 257 g/mol. The van der Waals surface area contributed by atoms with Crippen molar-refractivity contribution in [3.63, 3.8) is 0 Å². The molecule has 0 heterocycles. The van der Waals surface area contributed by atoms with Crippen LogP contribution in [0.4, 0.5) is 4.39 Å². The highest BCUT2D eigenvalue weighted by Crippen LogP contribution is 2.16. The summed E-state index contributed by atoms with van der Waals surface area (Å²) in [5.41, 5.74) is 0.701. The second kappa shape index (κ2) is 7.44. The third kappa shape index (κ3) is 5.31. The SMILES string of the molecule is CCCCCCC(=O)Cc1ccc(Cl)c(F)c1. The monoisotopic (exact) mass is 256 g/mol. The predicted octanol–water partition coefficient (Wildman–Crippen LogP) is 4.56. The van der Waals surface area contributed by atoms with E-state index in [-0.39, 0.29) is 10.8 Å². The summed E-state index contributed by atoms with van der Waals surface area (Å²) in [6.07, 6.45) is 5.25. The lowest BCUT2D eigenvalue weighted by atomic mass is 10.0. The number of halogens is 2. The van der Waals surface area contributed by atoms with E-state index in [1.165, 1.54) is 18.6 Å². The van der Waals surface area contributed by atoms with Crippen LogP contribution in [0.1, 0.15) is 44.6 Å². The Hall–Kier alpha value is -0.890. The second-order valence-corrected chi connectivity index (χ2v) is 4.68. The van der Waals surface area contributed by atoms with Gasteiger partial charge in [0.15, 0.2) is 0 Å². The van der Waals surface area contributed by atoms with Crippen molar-refractivity contribution >= 4 is 17.4 Å². The minimum atomic E-state index is -0.456. The first-order chi connectivity index (χ1) is 8.13. The number of carbonyl (C=O) groups excluding carboxylic acids is 1. The van der Waals surface area contributed by atoms with Crippen LogP contribution in [0.5, 0.6) is 0 Å². The van der Waals surface area contributed by atoms with Crippen LogP contribution < -0.4 is 0 Å². The standard InChI is InChI=1S/C14H18ClFO/c1-2-3-4-5-6-12(17)9-11-7-8-13(15)14(16)10-11/h7-8,10H,2-6,9H2,1H3. The quantitative estimate of drug-likeness (QED) is 0.654. The molecule has 0 aliphatic rings. The summed E-state index contributed by atoms with van der Waals surface area (Å²) in [5.74, 6) is -0.286. The molecule has 1 aromatic rings. The molecule has 1 nitrogen and oxygen atoms in total. The Kier molecular flexibility index (Phi) is 6.20. The molecule has 94 valence electrons. The number of Topliss-reactive ketones (excluding diaryl/α,β-unsaturated/α-hetero) is 1. The molecule has 0 amide bonds. The van der Waals surface area contributed by atoms with Crippen molar-refractivity contribution in [1.82, 2.24) is 0 Å². The van der Waals surface area contributed by atoms with Crippen molar-refractivity contribution in [3.8, 4) is 0 Å². The molecule has 1 rings (SSSR count). The zero-order valence-electron chi connectivity index (χ0n) is 10.1. The van der Waals surface area contributed by atoms with Crippen molar-refractivity contribution in [3.05, 3.63) is 34.6 Å². The van der Waals surface area contributed by atoms with E-state index in [1.54, 1.807) is 6.07 Å². The van der Waals surface area contributed by atoms with Gasteiger partial charge in [0, 0.05) is 12.8 Å². The molecule has 0 aliphatic carbocycles. The fraction of sp³-hybridized carbons (Fsp3) is 0.500. The molecule has 17 heavy (non-hydrogen) atoms. The molecule has 0 fully saturated rings. The molecule has 3 heteroatoms. The van der Waals surface area contributed by atoms with Crippen LogP contribution in [0.25, 0.3) is 0 Å². The van der Waals surface area contributed by atoms with Gasteiger partial charge in [-0.2, -0.15) is 0 Å². The average Bonchev–Trinajstić information content (AvgIpc) is 2.30. The Labute approximate surface area is 107 Å². The van der Waals surface area contributed by atoms with Crippen molar-refractivity contribution in [2.24, 2.45) is 0 Å². The zero-order valence-corrected chi connectivity index (χ0v) is 10.9. The number of benzene rings is 1. The molecule has 0 atom stereocenters. The summed E-state index contributed by atoms with van der Waals surface area (Å²) in [6, 6.07) is 4.54. The van der Waals surface area contributed by atoms with E-state index in [2.05, 4.69) is 6.92 Å². The predicted molar refractivity (Wildman–Crippen MR) is 68.9 cm³/mol. The maximum Gasteiger partial charge on any atom is 0.142 e. The summed E-state index contributed by atoms with van der Waals surface area (Å²) < 4.78 is 13.1. The lowest BCUT2D eigenvalue weighted by Crippen LogP contribution is -2.02. The van der Waals surface area contributed by atoms with Crippen LogP contribution in [0.2, 0.25) is 5.02 Å². The van der Waals surface area contributed by atoms with Crippen LogP contribution in [-0.4, -0.2) is 5.78 Å². The van der Waals surface area contributed by atoms with Gasteiger partial charge in [-0.05, 0) is 24.1 Å². The third-order valence-electron chi connectivity index (χ3n) is 2.69. The molecular weight excluding hydrogens is 239 g/mol. The fourth-order valence-corrected chi connectivity index (χ4v) is 1.83. The summed E-state index contributed by atoms with van der Waals surface area (Å²) >= 11 is 5.58. The van der Waals surface area contributed by atoms with Gasteiger partial charge in [-0.15, -0.1) is 0 Å². The molecule has 0 aliphatic heterocycles. The highest BCUT2D eigenvalue weighted by atomic mass is 35.5. The molecule has 0 spiro atoms. The van der Waals surface area contributed by atoms with Gasteiger partial charge in [-0.3, -0.25) is 4.79 Å². The minimum absolute atomic E-state index is 0.101. The van der Waals surface area contributed by atoms with E-state index in [1.807, 2.05) is 0 Å². The minimum Gasteiger partial charge on any atom is -0.299 e. The number of ketones is 1. The molecule has 1 aromatic carbocycles. The molecule has 0 saturated carbocycles. The van der Waals surface area contributed by atoms with Gasteiger partial charge in [0.1, 0.15) is 11.6 Å². The van der Waals surface area contributed by atoms with Crippen LogP contribution in [0, 0.1) is 5.82 Å². The van der Waals surface area contributed by atoms with Gasteiger partial charge in [-0.25, -0.2) is 4.39 Å². The fourth-order valence-electron chi connectivity index (χ4n) is 1.71. The van der Waals surface area contributed by atoms with Gasteiger partial charge in [0.2, 0.25) is 0 Å². The molecule has 0 saturated heterocycles. The highest BCUT2D eigenvalue weighted by molar-refractivity contribution is 6.30. The van der Waals surface area contributed by atoms with Crippen molar-refractivity contribution in [2.75, 3.05) is 0 Å². The van der Waals surface area contributed by atoms with Crippen LogP contribution in [0.3, 0.4) is 0 Å². The molecule has 0 aromatic heterocycles. The van der Waals surface area contributed by atoms with E-state index in [0.717, 1.165) is 19.3 Å². The lowest BCUT2D eigenvalue weighted by Gasteiger charge is -2.02. The summed E-state index contributed by atoms with van der Waals surface area (Å²) in [4.78, 5) is 11.6. The van der Waals surface area contributed by atoms with E-state index in [9.17, 15) is 9.18 Å². The van der Waals surface area contributed by atoms with Crippen molar-refractivity contribution in [1.29, 1.82) is 0 Å². The molecule has 0 bridgehead atoms. The first-order valence-corrected chi connectivity index (χ1v) is 6.47. The maximum absolute atomic E-state index is 13.1. The van der Waals surface area contributed by atoms with E-state index < -0.39 is 5.82 Å². The Morgan fingerprint density at radius 2 is 2.06 bits per heavy atom. The molecule has 0 radical (unpaired) electrons. The summed E-state index contributed by atoms with van der Waals surface area (Å²) in [5, 5.41) is 0.101. The highest BCUT2D eigenvalue weighted by Gasteiger charge is 2.06. The van der Waals surface area contributed by atoms with E-state index in [0.29, 0.717) is 18.4 Å². The number of hydrogen-bond acceptors (Lipinski definition) is 1. The van der Waals surface area contributed by atoms with Gasteiger partial charge in [0.25, 0.3) is 0 Å². The summed E-state index contributed by atoms with van der Waals surface area (Å²) in [6.45, 7) is 2.14. The number of hydrogen-bond donors (Lipinski definition) is 0. The van der Waals surface area contributed by atoms with Gasteiger partial charge in [0.05, 0.1) is 5.02 Å².